The molecular formula is C17H20N2O4. The average Bonchev–Trinajstić information content (AvgIpc) is 2.59. The molecule has 23 heavy (non-hydrogen) atoms. The first kappa shape index (κ1) is 16.7. The van der Waals surface area contributed by atoms with Gasteiger partial charge < -0.3 is 15.3 Å². The maximum Gasteiger partial charge on any atom is 0.335 e. The van der Waals surface area contributed by atoms with Crippen LogP contribution in [0.25, 0.3) is 6.08 Å². The molecule has 0 saturated carbocycles. The van der Waals surface area contributed by atoms with Gasteiger partial charge in [0.1, 0.15) is 0 Å². The summed E-state index contributed by atoms with van der Waals surface area (Å²) in [5.74, 6) is -1.30. The third kappa shape index (κ3) is 4.42. The van der Waals surface area contributed by atoms with E-state index in [1.807, 2.05) is 0 Å². The lowest BCUT2D eigenvalue weighted by molar-refractivity contribution is -0.131. The third-order valence-corrected chi connectivity index (χ3v) is 3.93. The second kappa shape index (κ2) is 7.58. The van der Waals surface area contributed by atoms with Crippen molar-refractivity contribution in [3.05, 3.63) is 41.5 Å². The maximum absolute atomic E-state index is 12.2. The number of benzene rings is 1. The second-order valence-electron chi connectivity index (χ2n) is 5.50. The molecule has 1 atom stereocenters. The van der Waals surface area contributed by atoms with Gasteiger partial charge in [0.2, 0.25) is 11.8 Å². The van der Waals surface area contributed by atoms with Crippen molar-refractivity contribution in [2.24, 2.45) is 5.92 Å². The van der Waals surface area contributed by atoms with E-state index in [1.54, 1.807) is 30.2 Å². The zero-order valence-corrected chi connectivity index (χ0v) is 13.0. The van der Waals surface area contributed by atoms with Gasteiger partial charge in [-0.05, 0) is 36.6 Å². The largest absolute Gasteiger partial charge is 0.478 e. The van der Waals surface area contributed by atoms with Gasteiger partial charge in [-0.15, -0.1) is 0 Å². The van der Waals surface area contributed by atoms with Crippen LogP contribution in [0.2, 0.25) is 0 Å². The molecule has 6 heteroatoms. The number of carboxylic acids is 1. The minimum atomic E-state index is -0.981. The summed E-state index contributed by atoms with van der Waals surface area (Å²) in [4.78, 5) is 36.4. The number of amides is 2. The molecule has 6 nitrogen and oxygen atoms in total. The van der Waals surface area contributed by atoms with Crippen LogP contribution in [0.4, 0.5) is 0 Å². The molecule has 2 amide bonds. The Morgan fingerprint density at radius 2 is 1.96 bits per heavy atom. The van der Waals surface area contributed by atoms with E-state index >= 15 is 0 Å². The predicted molar refractivity (Wildman–Crippen MR) is 85.8 cm³/mol. The molecule has 0 radical (unpaired) electrons. The number of nitrogens with zero attached hydrogens (tertiary/aromatic N) is 1. The van der Waals surface area contributed by atoms with Crippen LogP contribution < -0.4 is 5.32 Å². The summed E-state index contributed by atoms with van der Waals surface area (Å²) in [6, 6.07) is 6.29. The molecule has 0 bridgehead atoms. The normalized spacial score (nSPS) is 18.0. The number of hydrogen-bond donors (Lipinski definition) is 2. The first-order chi connectivity index (χ1) is 11.0. The van der Waals surface area contributed by atoms with Crippen molar-refractivity contribution in [3.63, 3.8) is 0 Å². The molecule has 1 saturated heterocycles. The van der Waals surface area contributed by atoms with E-state index in [-0.39, 0.29) is 23.3 Å². The van der Waals surface area contributed by atoms with Crippen molar-refractivity contribution >= 4 is 23.9 Å². The smallest absolute Gasteiger partial charge is 0.335 e. The lowest BCUT2D eigenvalue weighted by Crippen LogP contribution is -2.44. The van der Waals surface area contributed by atoms with Gasteiger partial charge in [-0.25, -0.2) is 4.79 Å². The van der Waals surface area contributed by atoms with Crippen LogP contribution in [0, 0.1) is 5.92 Å². The van der Waals surface area contributed by atoms with E-state index in [0.29, 0.717) is 13.1 Å². The highest BCUT2D eigenvalue weighted by Gasteiger charge is 2.26. The van der Waals surface area contributed by atoms with Crippen LogP contribution in [0.1, 0.15) is 28.8 Å². The highest BCUT2D eigenvalue weighted by molar-refractivity contribution is 5.93. The topological polar surface area (TPSA) is 86.7 Å². The summed E-state index contributed by atoms with van der Waals surface area (Å²) in [6.07, 6.45) is 4.72. The monoisotopic (exact) mass is 316 g/mol. The van der Waals surface area contributed by atoms with Crippen LogP contribution >= 0.6 is 0 Å². The van der Waals surface area contributed by atoms with E-state index < -0.39 is 5.97 Å². The van der Waals surface area contributed by atoms with E-state index in [9.17, 15) is 14.4 Å². The van der Waals surface area contributed by atoms with Crippen molar-refractivity contribution in [2.45, 2.75) is 12.8 Å². The summed E-state index contributed by atoms with van der Waals surface area (Å²) in [5, 5.41) is 11.5. The van der Waals surface area contributed by atoms with Crippen LogP contribution in [0.5, 0.6) is 0 Å². The number of likely N-dealkylation sites (tertiary alicyclic amines) is 1. The Bertz CT molecular complexity index is 622. The van der Waals surface area contributed by atoms with Crippen molar-refractivity contribution in [1.82, 2.24) is 10.2 Å². The molecule has 1 aromatic rings. The Morgan fingerprint density at radius 3 is 2.57 bits per heavy atom. The summed E-state index contributed by atoms with van der Waals surface area (Å²) < 4.78 is 0. The summed E-state index contributed by atoms with van der Waals surface area (Å²) in [7, 11) is 1.60. The Hall–Kier alpha value is -2.63. The van der Waals surface area contributed by atoms with Gasteiger partial charge in [0.05, 0.1) is 11.5 Å². The number of rotatable bonds is 4. The van der Waals surface area contributed by atoms with Crippen LogP contribution in [0.3, 0.4) is 0 Å². The summed E-state index contributed by atoms with van der Waals surface area (Å²) in [6.45, 7) is 1.08. The molecule has 0 aliphatic carbocycles. The summed E-state index contributed by atoms with van der Waals surface area (Å²) >= 11 is 0. The van der Waals surface area contributed by atoms with E-state index in [2.05, 4.69) is 5.32 Å². The number of hydrogen-bond acceptors (Lipinski definition) is 3. The molecule has 0 spiro atoms. The molecule has 1 fully saturated rings. The Morgan fingerprint density at radius 1 is 1.26 bits per heavy atom. The molecular weight excluding hydrogens is 296 g/mol. The third-order valence-electron chi connectivity index (χ3n) is 3.93. The number of aromatic carboxylic acids is 1. The first-order valence-electron chi connectivity index (χ1n) is 7.53. The maximum atomic E-state index is 12.2. The van der Waals surface area contributed by atoms with Gasteiger partial charge in [-0.2, -0.15) is 0 Å². The fourth-order valence-electron chi connectivity index (χ4n) is 2.61. The number of carboxylic acid groups (broad SMARTS) is 1. The molecule has 1 aliphatic rings. The van der Waals surface area contributed by atoms with E-state index in [0.717, 1.165) is 18.4 Å². The first-order valence-corrected chi connectivity index (χ1v) is 7.53. The number of carbonyl (C=O) groups is 3. The van der Waals surface area contributed by atoms with Gasteiger partial charge in [-0.1, -0.05) is 12.1 Å². The average molecular weight is 316 g/mol. The number of piperidine rings is 1. The highest BCUT2D eigenvalue weighted by atomic mass is 16.4. The molecule has 122 valence electrons. The van der Waals surface area contributed by atoms with Crippen molar-refractivity contribution in [3.8, 4) is 0 Å². The van der Waals surface area contributed by atoms with Gasteiger partial charge in [0.25, 0.3) is 0 Å². The van der Waals surface area contributed by atoms with Crippen molar-refractivity contribution in [2.75, 3.05) is 20.1 Å². The van der Waals surface area contributed by atoms with E-state index in [4.69, 9.17) is 5.11 Å². The molecule has 2 N–H and O–H groups in total. The molecule has 1 aromatic carbocycles. The lowest BCUT2D eigenvalue weighted by atomic mass is 9.97. The lowest BCUT2D eigenvalue weighted by Gasteiger charge is -2.31. The molecule has 1 unspecified atom stereocenters. The minimum Gasteiger partial charge on any atom is -0.478 e. The summed E-state index contributed by atoms with van der Waals surface area (Å²) in [5.41, 5.74) is 0.959. The SMILES string of the molecule is CNC(=O)C1CCCN(C(=O)/C=C/c2ccc(C(=O)O)cc2)C1. The van der Waals surface area contributed by atoms with Gasteiger partial charge in [-0.3, -0.25) is 9.59 Å². The molecule has 1 aliphatic heterocycles. The highest BCUT2D eigenvalue weighted by Crippen LogP contribution is 2.17. The number of nitrogens with one attached hydrogen (secondary N) is 1. The Labute approximate surface area is 134 Å². The predicted octanol–water partition coefficient (Wildman–Crippen LogP) is 1.38. The molecule has 0 aromatic heterocycles. The minimum absolute atomic E-state index is 0.0317. The van der Waals surface area contributed by atoms with E-state index in [1.165, 1.54) is 18.2 Å². The Kier molecular flexibility index (Phi) is 5.51. The fraction of sp³-hybridized carbons (Fsp3) is 0.353. The van der Waals surface area contributed by atoms with Crippen LogP contribution in [-0.2, 0) is 9.59 Å². The molecule has 2 rings (SSSR count). The van der Waals surface area contributed by atoms with Crippen LogP contribution in [-0.4, -0.2) is 47.9 Å². The van der Waals surface area contributed by atoms with Crippen molar-refractivity contribution in [1.29, 1.82) is 0 Å². The quantitative estimate of drug-likeness (QED) is 0.822. The molecule has 1 heterocycles. The second-order valence-corrected chi connectivity index (χ2v) is 5.50. The Balaban J connectivity index is 1.97. The van der Waals surface area contributed by atoms with Gasteiger partial charge in [0.15, 0.2) is 0 Å². The van der Waals surface area contributed by atoms with Crippen LogP contribution in [0.15, 0.2) is 30.3 Å². The van der Waals surface area contributed by atoms with Gasteiger partial charge >= 0.3 is 5.97 Å². The fourth-order valence-corrected chi connectivity index (χ4v) is 2.61. The zero-order chi connectivity index (χ0) is 16.8. The standard InChI is InChI=1S/C17H20N2O4/c1-18-16(21)14-3-2-10-19(11-14)15(20)9-6-12-4-7-13(8-5-12)17(22)23/h4-9,14H,2-3,10-11H2,1H3,(H,18,21)(H,22,23)/b9-6+. The number of carbonyl (C=O) groups excluding carboxylic acids is 2. The van der Waals surface area contributed by atoms with Gasteiger partial charge in [0, 0.05) is 26.2 Å². The zero-order valence-electron chi connectivity index (χ0n) is 13.0. The van der Waals surface area contributed by atoms with Crippen molar-refractivity contribution < 1.29 is 19.5 Å².